The van der Waals surface area contributed by atoms with E-state index in [2.05, 4.69) is 6.58 Å². The molecule has 1 atom stereocenters. The van der Waals surface area contributed by atoms with Gasteiger partial charge in [0.1, 0.15) is 6.10 Å². The molecule has 0 saturated carbocycles. The number of unbranched alkanes of at least 4 members (excludes halogenated alkanes) is 1. The Kier molecular flexibility index (Phi) is 4.80. The number of rotatable bonds is 8. The molecule has 12 heavy (non-hydrogen) atoms. The molecule has 0 aromatic rings. The summed E-state index contributed by atoms with van der Waals surface area (Å²) in [7, 11) is 0. The lowest BCUT2D eigenvalue weighted by Gasteiger charge is -2.01. The van der Waals surface area contributed by atoms with Crippen molar-refractivity contribution in [3.05, 3.63) is 12.8 Å². The van der Waals surface area contributed by atoms with Crippen LogP contribution in [-0.2, 0) is 14.2 Å². The molecule has 0 bridgehead atoms. The van der Waals surface area contributed by atoms with Gasteiger partial charge in [-0.3, -0.25) is 0 Å². The van der Waals surface area contributed by atoms with Crippen LogP contribution in [0.2, 0.25) is 0 Å². The summed E-state index contributed by atoms with van der Waals surface area (Å²) in [5, 5.41) is 0. The Morgan fingerprint density at radius 3 is 2.83 bits per heavy atom. The highest BCUT2D eigenvalue weighted by atomic mass is 16.6. The monoisotopic (exact) mass is 172 g/mol. The second-order valence-electron chi connectivity index (χ2n) is 2.77. The normalized spacial score (nSPS) is 20.5. The molecule has 0 spiro atoms. The molecule has 0 amide bonds. The topological polar surface area (TPSA) is 31.0 Å². The van der Waals surface area contributed by atoms with E-state index in [1.165, 1.54) is 6.26 Å². The first-order valence-corrected chi connectivity index (χ1v) is 4.35. The predicted octanol–water partition coefficient (Wildman–Crippen LogP) is 1.34. The van der Waals surface area contributed by atoms with Crippen molar-refractivity contribution in [1.82, 2.24) is 0 Å². The summed E-state index contributed by atoms with van der Waals surface area (Å²) in [5.41, 5.74) is 0. The fraction of sp³-hybridized carbons (Fsp3) is 0.778. The highest BCUT2D eigenvalue weighted by Crippen LogP contribution is 2.08. The molecular weight excluding hydrogens is 156 g/mol. The molecule has 1 heterocycles. The first-order chi connectivity index (χ1) is 5.93. The summed E-state index contributed by atoms with van der Waals surface area (Å²) in [6, 6.07) is 0. The average Bonchev–Trinajstić information content (AvgIpc) is 2.87. The molecule has 1 fully saturated rings. The fourth-order valence-electron chi connectivity index (χ4n) is 0.852. The summed E-state index contributed by atoms with van der Waals surface area (Å²) in [6.07, 6.45) is 3.92. The summed E-state index contributed by atoms with van der Waals surface area (Å²) in [5.74, 6) is 0. The molecule has 0 aromatic heterocycles. The highest BCUT2D eigenvalue weighted by molar-refractivity contribution is 4.66. The standard InChI is InChI=1S/C9H16O3/c1-2-10-5-3-4-6-11-7-9-8-12-9/h2,9H,1,3-8H2/t9-/m1/s1. The molecule has 3 nitrogen and oxygen atoms in total. The van der Waals surface area contributed by atoms with E-state index in [1.807, 2.05) is 0 Å². The lowest BCUT2D eigenvalue weighted by atomic mass is 10.3. The van der Waals surface area contributed by atoms with Gasteiger partial charge in [-0.05, 0) is 12.8 Å². The molecule has 1 aliphatic heterocycles. The van der Waals surface area contributed by atoms with E-state index in [9.17, 15) is 0 Å². The van der Waals surface area contributed by atoms with E-state index in [1.54, 1.807) is 0 Å². The lowest BCUT2D eigenvalue weighted by molar-refractivity contribution is 0.108. The Morgan fingerprint density at radius 1 is 1.42 bits per heavy atom. The second kappa shape index (κ2) is 6.03. The molecular formula is C9H16O3. The van der Waals surface area contributed by atoms with Gasteiger partial charge in [-0.25, -0.2) is 0 Å². The number of epoxide rings is 1. The van der Waals surface area contributed by atoms with Crippen molar-refractivity contribution in [2.45, 2.75) is 18.9 Å². The summed E-state index contributed by atoms with van der Waals surface area (Å²) >= 11 is 0. The Hall–Kier alpha value is -0.540. The van der Waals surface area contributed by atoms with Crippen LogP contribution in [0.5, 0.6) is 0 Å². The van der Waals surface area contributed by atoms with Crippen LogP contribution >= 0.6 is 0 Å². The molecule has 70 valence electrons. The van der Waals surface area contributed by atoms with Gasteiger partial charge in [0.25, 0.3) is 0 Å². The Balaban J connectivity index is 1.67. The minimum absolute atomic E-state index is 0.384. The molecule has 1 aliphatic rings. The van der Waals surface area contributed by atoms with E-state index in [0.29, 0.717) is 6.10 Å². The molecule has 3 heteroatoms. The smallest absolute Gasteiger partial charge is 0.104 e. The van der Waals surface area contributed by atoms with Gasteiger partial charge in [-0.1, -0.05) is 6.58 Å². The summed E-state index contributed by atoms with van der Waals surface area (Å²) in [6.45, 7) is 6.63. The van der Waals surface area contributed by atoms with Crippen LogP contribution in [0.25, 0.3) is 0 Å². The third kappa shape index (κ3) is 5.16. The summed E-state index contributed by atoms with van der Waals surface area (Å²) in [4.78, 5) is 0. The van der Waals surface area contributed by atoms with Gasteiger partial charge < -0.3 is 14.2 Å². The third-order valence-corrected chi connectivity index (χ3v) is 1.62. The van der Waals surface area contributed by atoms with Crippen molar-refractivity contribution < 1.29 is 14.2 Å². The Labute approximate surface area is 73.3 Å². The quantitative estimate of drug-likeness (QED) is 0.314. The van der Waals surface area contributed by atoms with E-state index in [0.717, 1.165) is 39.3 Å². The summed E-state index contributed by atoms with van der Waals surface area (Å²) < 4.78 is 15.3. The SMILES string of the molecule is C=COCCCCOC[C@@H]1CO1. The highest BCUT2D eigenvalue weighted by Gasteiger charge is 2.21. The van der Waals surface area contributed by atoms with Crippen LogP contribution in [-0.4, -0.2) is 32.5 Å². The first-order valence-electron chi connectivity index (χ1n) is 4.35. The van der Waals surface area contributed by atoms with Gasteiger partial charge in [0.2, 0.25) is 0 Å². The first kappa shape index (κ1) is 9.55. The van der Waals surface area contributed by atoms with Crippen LogP contribution < -0.4 is 0 Å². The molecule has 0 radical (unpaired) electrons. The Morgan fingerprint density at radius 2 is 2.17 bits per heavy atom. The van der Waals surface area contributed by atoms with Gasteiger partial charge in [0, 0.05) is 6.61 Å². The van der Waals surface area contributed by atoms with Crippen LogP contribution in [0.1, 0.15) is 12.8 Å². The largest absolute Gasteiger partial charge is 0.502 e. The maximum atomic E-state index is 5.33. The van der Waals surface area contributed by atoms with Gasteiger partial charge in [0.05, 0.1) is 26.1 Å². The lowest BCUT2D eigenvalue weighted by Crippen LogP contribution is -2.03. The predicted molar refractivity (Wildman–Crippen MR) is 45.9 cm³/mol. The van der Waals surface area contributed by atoms with Crippen LogP contribution in [0.4, 0.5) is 0 Å². The zero-order chi connectivity index (χ0) is 8.65. The Bertz CT molecular complexity index is 121. The molecule has 0 aromatic carbocycles. The van der Waals surface area contributed by atoms with Gasteiger partial charge in [-0.2, -0.15) is 0 Å². The van der Waals surface area contributed by atoms with E-state index in [-0.39, 0.29) is 0 Å². The van der Waals surface area contributed by atoms with E-state index >= 15 is 0 Å². The van der Waals surface area contributed by atoms with Gasteiger partial charge in [-0.15, -0.1) is 0 Å². The zero-order valence-electron chi connectivity index (χ0n) is 7.33. The van der Waals surface area contributed by atoms with Crippen LogP contribution in [0.15, 0.2) is 12.8 Å². The van der Waals surface area contributed by atoms with E-state index in [4.69, 9.17) is 14.2 Å². The van der Waals surface area contributed by atoms with Gasteiger partial charge >= 0.3 is 0 Å². The molecule has 0 unspecified atom stereocenters. The maximum Gasteiger partial charge on any atom is 0.104 e. The minimum Gasteiger partial charge on any atom is -0.502 e. The van der Waals surface area contributed by atoms with Crippen LogP contribution in [0.3, 0.4) is 0 Å². The average molecular weight is 172 g/mol. The number of ether oxygens (including phenoxy) is 3. The minimum atomic E-state index is 0.384. The van der Waals surface area contributed by atoms with Crippen LogP contribution in [0, 0.1) is 0 Å². The zero-order valence-corrected chi connectivity index (χ0v) is 7.33. The van der Waals surface area contributed by atoms with Crippen molar-refractivity contribution in [2.75, 3.05) is 26.4 Å². The number of hydrogen-bond donors (Lipinski definition) is 0. The second-order valence-corrected chi connectivity index (χ2v) is 2.77. The molecule has 0 N–H and O–H groups in total. The van der Waals surface area contributed by atoms with Crippen molar-refractivity contribution in [2.24, 2.45) is 0 Å². The van der Waals surface area contributed by atoms with Gasteiger partial charge in [0.15, 0.2) is 0 Å². The number of hydrogen-bond acceptors (Lipinski definition) is 3. The van der Waals surface area contributed by atoms with Crippen molar-refractivity contribution in [1.29, 1.82) is 0 Å². The van der Waals surface area contributed by atoms with Crippen molar-refractivity contribution in [3.8, 4) is 0 Å². The molecule has 1 rings (SSSR count). The van der Waals surface area contributed by atoms with Crippen molar-refractivity contribution in [3.63, 3.8) is 0 Å². The van der Waals surface area contributed by atoms with E-state index < -0.39 is 0 Å². The maximum absolute atomic E-state index is 5.33. The molecule has 1 saturated heterocycles. The molecule has 0 aliphatic carbocycles. The fourth-order valence-corrected chi connectivity index (χ4v) is 0.852. The third-order valence-electron chi connectivity index (χ3n) is 1.62. The van der Waals surface area contributed by atoms with Crippen molar-refractivity contribution >= 4 is 0 Å².